The summed E-state index contributed by atoms with van der Waals surface area (Å²) in [7, 11) is 0. The van der Waals surface area contributed by atoms with Crippen LogP contribution in [-0.4, -0.2) is 21.7 Å². The number of nitrogens with zero attached hydrogens (tertiary/aromatic N) is 2. The third-order valence-electron chi connectivity index (χ3n) is 2.20. The summed E-state index contributed by atoms with van der Waals surface area (Å²) in [6.07, 6.45) is 1.22. The molecule has 0 amide bonds. The van der Waals surface area contributed by atoms with Gasteiger partial charge in [-0.2, -0.15) is 5.10 Å². The van der Waals surface area contributed by atoms with E-state index in [0.717, 1.165) is 4.68 Å². The van der Waals surface area contributed by atoms with E-state index in [9.17, 15) is 14.0 Å². The van der Waals surface area contributed by atoms with E-state index < -0.39 is 11.8 Å². The van der Waals surface area contributed by atoms with Gasteiger partial charge in [0.25, 0.3) is 0 Å². The molecule has 1 heterocycles. The molecule has 0 radical (unpaired) electrons. The fourth-order valence-corrected chi connectivity index (χ4v) is 1.53. The molecular formula is C11H9FN2O3. The minimum atomic E-state index is -0.704. The van der Waals surface area contributed by atoms with Gasteiger partial charge in [0.15, 0.2) is 11.6 Å². The van der Waals surface area contributed by atoms with Gasteiger partial charge in [0.2, 0.25) is 5.91 Å². The smallest absolute Gasteiger partial charge is 0.308 e. The second-order valence-electron chi connectivity index (χ2n) is 3.48. The van der Waals surface area contributed by atoms with E-state index >= 15 is 0 Å². The zero-order chi connectivity index (χ0) is 12.6. The summed E-state index contributed by atoms with van der Waals surface area (Å²) in [4.78, 5) is 21.9. The Morgan fingerprint density at radius 1 is 1.35 bits per heavy atom. The number of benzene rings is 1. The van der Waals surface area contributed by atoms with E-state index in [1.165, 1.54) is 32.2 Å². The van der Waals surface area contributed by atoms with Gasteiger partial charge in [0, 0.05) is 13.8 Å². The maximum absolute atomic E-state index is 13.9. The van der Waals surface area contributed by atoms with Crippen LogP contribution in [0.4, 0.5) is 4.39 Å². The van der Waals surface area contributed by atoms with E-state index in [1.54, 1.807) is 0 Å². The van der Waals surface area contributed by atoms with Crippen molar-refractivity contribution < 1.29 is 18.7 Å². The summed E-state index contributed by atoms with van der Waals surface area (Å²) in [5, 5.41) is 3.90. The monoisotopic (exact) mass is 236 g/mol. The topological polar surface area (TPSA) is 61.2 Å². The highest BCUT2D eigenvalue weighted by molar-refractivity contribution is 5.91. The largest absolute Gasteiger partial charge is 0.424 e. The summed E-state index contributed by atoms with van der Waals surface area (Å²) in [6, 6.07) is 2.77. The maximum Gasteiger partial charge on any atom is 0.308 e. The standard InChI is InChI=1S/C11H9FN2O3/c1-6(15)14-9-3-4-10(17-7(2)16)11(12)8(9)5-13-14/h3-5H,1-2H3. The van der Waals surface area contributed by atoms with Crippen LogP contribution >= 0.6 is 0 Å². The predicted molar refractivity (Wildman–Crippen MR) is 57.3 cm³/mol. The van der Waals surface area contributed by atoms with Gasteiger partial charge in [-0.1, -0.05) is 0 Å². The van der Waals surface area contributed by atoms with Gasteiger partial charge in [0.1, 0.15) is 0 Å². The highest BCUT2D eigenvalue weighted by Crippen LogP contribution is 2.26. The molecule has 1 aromatic carbocycles. The van der Waals surface area contributed by atoms with Crippen molar-refractivity contribution >= 4 is 22.8 Å². The summed E-state index contributed by atoms with van der Waals surface area (Å²) < 4.78 is 19.6. The van der Waals surface area contributed by atoms with Gasteiger partial charge in [0.05, 0.1) is 17.1 Å². The highest BCUT2D eigenvalue weighted by atomic mass is 19.1. The average molecular weight is 236 g/mol. The number of halogens is 1. The summed E-state index contributed by atoms with van der Waals surface area (Å²) in [5.41, 5.74) is 0.339. The van der Waals surface area contributed by atoms with Crippen molar-refractivity contribution in [2.75, 3.05) is 0 Å². The molecule has 0 N–H and O–H groups in total. The normalized spacial score (nSPS) is 10.5. The molecule has 0 unspecified atom stereocenters. The fourth-order valence-electron chi connectivity index (χ4n) is 1.53. The zero-order valence-corrected chi connectivity index (χ0v) is 9.23. The van der Waals surface area contributed by atoms with Gasteiger partial charge in [-0.05, 0) is 12.1 Å². The van der Waals surface area contributed by atoms with Crippen LogP contribution in [0.5, 0.6) is 5.75 Å². The molecule has 0 saturated carbocycles. The first kappa shape index (κ1) is 11.3. The maximum atomic E-state index is 13.9. The number of ether oxygens (including phenoxy) is 1. The van der Waals surface area contributed by atoms with Gasteiger partial charge in [-0.25, -0.2) is 9.07 Å². The molecule has 0 aliphatic rings. The van der Waals surface area contributed by atoms with Crippen molar-refractivity contribution in [2.24, 2.45) is 0 Å². The van der Waals surface area contributed by atoms with Gasteiger partial charge in [-0.3, -0.25) is 9.59 Å². The van der Waals surface area contributed by atoms with Crippen LogP contribution in [0, 0.1) is 5.82 Å². The number of rotatable bonds is 1. The SMILES string of the molecule is CC(=O)Oc1ccc2c(cnn2C(C)=O)c1F. The molecule has 0 bridgehead atoms. The van der Waals surface area contributed by atoms with Crippen LogP contribution in [0.15, 0.2) is 18.3 Å². The molecule has 0 aliphatic carbocycles. The molecule has 2 aromatic rings. The predicted octanol–water partition coefficient (Wildman–Crippen LogP) is 1.76. The lowest BCUT2D eigenvalue weighted by atomic mass is 10.2. The first-order valence-electron chi connectivity index (χ1n) is 4.86. The number of hydrogen-bond acceptors (Lipinski definition) is 4. The Morgan fingerprint density at radius 3 is 2.65 bits per heavy atom. The van der Waals surface area contributed by atoms with Gasteiger partial charge in [-0.15, -0.1) is 0 Å². The third kappa shape index (κ3) is 1.89. The van der Waals surface area contributed by atoms with Crippen molar-refractivity contribution in [3.63, 3.8) is 0 Å². The summed E-state index contributed by atoms with van der Waals surface area (Å²) in [6.45, 7) is 2.51. The Balaban J connectivity index is 2.61. The van der Waals surface area contributed by atoms with E-state index in [1.807, 2.05) is 0 Å². The van der Waals surface area contributed by atoms with E-state index in [0.29, 0.717) is 5.52 Å². The number of esters is 1. The number of carbonyl (C=O) groups excluding carboxylic acids is 2. The second-order valence-corrected chi connectivity index (χ2v) is 3.48. The Morgan fingerprint density at radius 2 is 2.06 bits per heavy atom. The van der Waals surface area contributed by atoms with Gasteiger partial charge >= 0.3 is 5.97 Å². The minimum Gasteiger partial charge on any atom is -0.424 e. The first-order valence-corrected chi connectivity index (χ1v) is 4.86. The first-order chi connectivity index (χ1) is 8.00. The van der Waals surface area contributed by atoms with Crippen LogP contribution < -0.4 is 4.74 Å². The van der Waals surface area contributed by atoms with Crippen molar-refractivity contribution in [3.8, 4) is 5.75 Å². The van der Waals surface area contributed by atoms with Crippen molar-refractivity contribution in [1.29, 1.82) is 0 Å². The van der Waals surface area contributed by atoms with E-state index in [4.69, 9.17) is 0 Å². The Kier molecular flexibility index (Phi) is 2.63. The third-order valence-corrected chi connectivity index (χ3v) is 2.20. The van der Waals surface area contributed by atoms with Crippen LogP contribution in [0.25, 0.3) is 10.9 Å². The number of fused-ring (bicyclic) bond motifs is 1. The Bertz CT molecular complexity index is 618. The molecule has 1 aromatic heterocycles. The van der Waals surface area contributed by atoms with E-state index in [2.05, 4.69) is 9.84 Å². The summed E-state index contributed by atoms with van der Waals surface area (Å²) >= 11 is 0. The van der Waals surface area contributed by atoms with Crippen molar-refractivity contribution in [3.05, 3.63) is 24.1 Å². The average Bonchev–Trinajstić information content (AvgIpc) is 2.66. The molecule has 88 valence electrons. The molecule has 6 heteroatoms. The van der Waals surface area contributed by atoms with Crippen LogP contribution in [0.3, 0.4) is 0 Å². The van der Waals surface area contributed by atoms with Gasteiger partial charge < -0.3 is 4.74 Å². The van der Waals surface area contributed by atoms with E-state index in [-0.39, 0.29) is 17.0 Å². The lowest BCUT2D eigenvalue weighted by molar-refractivity contribution is -0.132. The highest BCUT2D eigenvalue weighted by Gasteiger charge is 2.15. The fraction of sp³-hybridized carbons (Fsp3) is 0.182. The summed E-state index contributed by atoms with van der Waals surface area (Å²) in [5.74, 6) is -1.81. The molecule has 0 atom stereocenters. The number of aromatic nitrogens is 2. The zero-order valence-electron chi connectivity index (χ0n) is 9.23. The Hall–Kier alpha value is -2.24. The minimum absolute atomic E-state index is 0.138. The number of hydrogen-bond donors (Lipinski definition) is 0. The number of carbonyl (C=O) groups is 2. The van der Waals surface area contributed by atoms with Crippen LogP contribution in [0.2, 0.25) is 0 Å². The molecule has 0 fully saturated rings. The molecule has 0 spiro atoms. The van der Waals surface area contributed by atoms with Crippen LogP contribution in [-0.2, 0) is 4.79 Å². The lowest BCUT2D eigenvalue weighted by Gasteiger charge is -2.03. The molecule has 2 rings (SSSR count). The molecule has 17 heavy (non-hydrogen) atoms. The lowest BCUT2D eigenvalue weighted by Crippen LogP contribution is -2.07. The van der Waals surface area contributed by atoms with Crippen molar-refractivity contribution in [2.45, 2.75) is 13.8 Å². The molecule has 0 aliphatic heterocycles. The molecular weight excluding hydrogens is 227 g/mol. The Labute approximate surface area is 95.8 Å². The molecule has 5 nitrogen and oxygen atoms in total. The molecule has 0 saturated heterocycles. The van der Waals surface area contributed by atoms with Crippen LogP contribution in [0.1, 0.15) is 18.6 Å². The quantitative estimate of drug-likeness (QED) is 0.559. The second kappa shape index (κ2) is 3.97. The van der Waals surface area contributed by atoms with Crippen molar-refractivity contribution in [1.82, 2.24) is 9.78 Å².